The van der Waals surface area contributed by atoms with Crippen LogP contribution < -0.4 is 10.5 Å². The largest absolute Gasteiger partial charge is 0.343 e. The fourth-order valence-electron chi connectivity index (χ4n) is 1.96. The summed E-state index contributed by atoms with van der Waals surface area (Å²) in [4.78, 5) is 13.6. The van der Waals surface area contributed by atoms with Gasteiger partial charge in [-0.1, -0.05) is 0 Å². The number of carbonyl (C=O) groups excluding carboxylic acids is 1. The summed E-state index contributed by atoms with van der Waals surface area (Å²) in [5.74, 6) is 0.0673. The van der Waals surface area contributed by atoms with Crippen LogP contribution in [0.2, 0.25) is 0 Å². The topological polar surface area (TPSA) is 92.5 Å². The quantitative estimate of drug-likeness (QED) is 0.665. The summed E-state index contributed by atoms with van der Waals surface area (Å²) in [5.41, 5.74) is 5.26. The molecule has 1 amide bonds. The molecule has 1 aliphatic heterocycles. The van der Waals surface area contributed by atoms with Gasteiger partial charge in [-0.3, -0.25) is 4.79 Å². The Kier molecular flexibility index (Phi) is 6.59. The van der Waals surface area contributed by atoms with Gasteiger partial charge in [0.15, 0.2) is 0 Å². The third-order valence-electron chi connectivity index (χ3n) is 2.99. The first-order valence-corrected chi connectivity index (χ1v) is 8.15. The molecule has 0 bridgehead atoms. The Morgan fingerprint density at radius 3 is 2.50 bits per heavy atom. The van der Waals surface area contributed by atoms with Crippen molar-refractivity contribution in [3.05, 3.63) is 0 Å². The highest BCUT2D eigenvalue weighted by Gasteiger charge is 2.17. The maximum atomic E-state index is 11.8. The van der Waals surface area contributed by atoms with E-state index in [-0.39, 0.29) is 24.6 Å². The number of hydrogen-bond acceptors (Lipinski definition) is 4. The van der Waals surface area contributed by atoms with Gasteiger partial charge in [0.2, 0.25) is 15.9 Å². The van der Waals surface area contributed by atoms with Crippen LogP contribution in [-0.4, -0.2) is 51.2 Å². The first-order chi connectivity index (χ1) is 8.55. The van der Waals surface area contributed by atoms with Gasteiger partial charge in [-0.2, -0.15) is 0 Å². The van der Waals surface area contributed by atoms with Crippen molar-refractivity contribution in [3.8, 4) is 0 Å². The van der Waals surface area contributed by atoms with Crippen LogP contribution in [0.25, 0.3) is 0 Å². The van der Waals surface area contributed by atoms with Crippen molar-refractivity contribution in [2.24, 2.45) is 5.73 Å². The van der Waals surface area contributed by atoms with Crippen LogP contribution in [0.3, 0.4) is 0 Å². The highest BCUT2D eigenvalue weighted by Crippen LogP contribution is 2.09. The molecule has 106 valence electrons. The first-order valence-electron chi connectivity index (χ1n) is 6.50. The van der Waals surface area contributed by atoms with E-state index in [2.05, 4.69) is 4.72 Å². The summed E-state index contributed by atoms with van der Waals surface area (Å²) in [6, 6.07) is 0. The predicted molar refractivity (Wildman–Crippen MR) is 70.5 cm³/mol. The zero-order chi connectivity index (χ0) is 13.4. The Bertz CT molecular complexity index is 351. The molecule has 1 rings (SSSR count). The lowest BCUT2D eigenvalue weighted by Gasteiger charge is -2.26. The minimum absolute atomic E-state index is 0.0292. The molecule has 1 heterocycles. The van der Waals surface area contributed by atoms with Crippen molar-refractivity contribution in [1.29, 1.82) is 0 Å². The number of nitrogens with zero attached hydrogens (tertiary/aromatic N) is 1. The predicted octanol–water partition coefficient (Wildman–Crippen LogP) is -0.343. The fourth-order valence-corrected chi connectivity index (χ4v) is 3.06. The molecule has 0 aromatic carbocycles. The van der Waals surface area contributed by atoms with Crippen LogP contribution in [0.4, 0.5) is 0 Å². The zero-order valence-electron chi connectivity index (χ0n) is 10.7. The summed E-state index contributed by atoms with van der Waals surface area (Å²) in [5, 5.41) is 0. The van der Waals surface area contributed by atoms with Gasteiger partial charge in [0, 0.05) is 26.1 Å². The van der Waals surface area contributed by atoms with Gasteiger partial charge >= 0.3 is 0 Å². The molecular weight excluding hydrogens is 254 g/mol. The van der Waals surface area contributed by atoms with Crippen molar-refractivity contribution < 1.29 is 13.2 Å². The van der Waals surface area contributed by atoms with Gasteiger partial charge in [0.25, 0.3) is 0 Å². The fraction of sp³-hybridized carbons (Fsp3) is 0.909. The molecule has 1 saturated heterocycles. The SMILES string of the molecule is NCCCS(=O)(=O)NCCC(=O)N1CCCCC1. The van der Waals surface area contributed by atoms with E-state index in [1.165, 1.54) is 6.42 Å². The van der Waals surface area contributed by atoms with Crippen LogP contribution in [0, 0.1) is 0 Å². The average molecular weight is 277 g/mol. The number of hydrogen-bond donors (Lipinski definition) is 2. The first kappa shape index (κ1) is 15.4. The lowest BCUT2D eigenvalue weighted by molar-refractivity contribution is -0.131. The molecular formula is C11H23N3O3S. The van der Waals surface area contributed by atoms with Crippen molar-refractivity contribution in [2.45, 2.75) is 32.1 Å². The Morgan fingerprint density at radius 1 is 1.22 bits per heavy atom. The van der Waals surface area contributed by atoms with Gasteiger partial charge in [0.05, 0.1) is 5.75 Å². The number of amides is 1. The smallest absolute Gasteiger partial charge is 0.223 e. The van der Waals surface area contributed by atoms with E-state index in [0.717, 1.165) is 25.9 Å². The number of likely N-dealkylation sites (tertiary alicyclic amines) is 1. The van der Waals surface area contributed by atoms with Gasteiger partial charge in [-0.25, -0.2) is 13.1 Å². The van der Waals surface area contributed by atoms with E-state index < -0.39 is 10.0 Å². The molecule has 0 spiro atoms. The van der Waals surface area contributed by atoms with Crippen LogP contribution >= 0.6 is 0 Å². The van der Waals surface area contributed by atoms with Crippen molar-refractivity contribution in [1.82, 2.24) is 9.62 Å². The summed E-state index contributed by atoms with van der Waals surface area (Å²) < 4.78 is 25.3. The maximum Gasteiger partial charge on any atom is 0.223 e. The lowest BCUT2D eigenvalue weighted by atomic mass is 10.1. The van der Waals surface area contributed by atoms with Crippen LogP contribution in [0.1, 0.15) is 32.1 Å². The Balaban J connectivity index is 2.22. The molecule has 1 aliphatic rings. The average Bonchev–Trinajstić information content (AvgIpc) is 2.37. The minimum atomic E-state index is -3.27. The second kappa shape index (κ2) is 7.70. The monoisotopic (exact) mass is 277 g/mol. The summed E-state index contributed by atoms with van der Waals surface area (Å²) in [6.45, 7) is 2.15. The molecule has 7 heteroatoms. The van der Waals surface area contributed by atoms with E-state index in [1.807, 2.05) is 4.90 Å². The van der Waals surface area contributed by atoms with Crippen LogP contribution in [0.5, 0.6) is 0 Å². The Morgan fingerprint density at radius 2 is 1.89 bits per heavy atom. The molecule has 0 unspecified atom stereocenters. The molecule has 0 aromatic heterocycles. The van der Waals surface area contributed by atoms with Gasteiger partial charge < -0.3 is 10.6 Å². The van der Waals surface area contributed by atoms with E-state index in [4.69, 9.17) is 5.73 Å². The summed E-state index contributed by atoms with van der Waals surface area (Å²) in [6.07, 6.45) is 3.95. The molecule has 0 saturated carbocycles. The minimum Gasteiger partial charge on any atom is -0.343 e. The molecule has 1 fully saturated rings. The van der Waals surface area contributed by atoms with E-state index in [1.54, 1.807) is 0 Å². The van der Waals surface area contributed by atoms with Gasteiger partial charge in [0.1, 0.15) is 0 Å². The molecule has 0 aliphatic carbocycles. The van der Waals surface area contributed by atoms with E-state index >= 15 is 0 Å². The van der Waals surface area contributed by atoms with Crippen molar-refractivity contribution in [3.63, 3.8) is 0 Å². The number of nitrogens with two attached hydrogens (primary N) is 1. The van der Waals surface area contributed by atoms with Crippen LogP contribution in [0.15, 0.2) is 0 Å². The summed E-state index contributed by atoms with van der Waals surface area (Å²) in [7, 11) is -3.27. The van der Waals surface area contributed by atoms with Crippen molar-refractivity contribution >= 4 is 15.9 Å². The highest BCUT2D eigenvalue weighted by atomic mass is 32.2. The molecule has 0 atom stereocenters. The number of piperidine rings is 1. The number of carbonyl (C=O) groups is 1. The van der Waals surface area contributed by atoms with Crippen molar-refractivity contribution in [2.75, 3.05) is 31.9 Å². The number of sulfonamides is 1. The van der Waals surface area contributed by atoms with Gasteiger partial charge in [-0.15, -0.1) is 0 Å². The number of nitrogens with one attached hydrogen (secondary N) is 1. The molecule has 0 aromatic rings. The van der Waals surface area contributed by atoms with Gasteiger partial charge in [-0.05, 0) is 32.2 Å². The normalized spacial score (nSPS) is 16.8. The number of rotatable bonds is 7. The molecule has 0 radical (unpaired) electrons. The van der Waals surface area contributed by atoms with E-state index in [0.29, 0.717) is 13.0 Å². The molecule has 6 nitrogen and oxygen atoms in total. The Hall–Kier alpha value is -0.660. The molecule has 18 heavy (non-hydrogen) atoms. The zero-order valence-corrected chi connectivity index (χ0v) is 11.5. The Labute approximate surface area is 109 Å². The second-order valence-electron chi connectivity index (χ2n) is 4.55. The van der Waals surface area contributed by atoms with Crippen LogP contribution in [-0.2, 0) is 14.8 Å². The van der Waals surface area contributed by atoms with E-state index in [9.17, 15) is 13.2 Å². The lowest BCUT2D eigenvalue weighted by Crippen LogP contribution is -2.38. The third kappa shape index (κ3) is 5.79. The second-order valence-corrected chi connectivity index (χ2v) is 6.47. The summed E-state index contributed by atoms with van der Waals surface area (Å²) >= 11 is 0. The maximum absolute atomic E-state index is 11.8. The molecule has 3 N–H and O–H groups in total. The third-order valence-corrected chi connectivity index (χ3v) is 4.46. The highest BCUT2D eigenvalue weighted by molar-refractivity contribution is 7.89. The standard InChI is InChI=1S/C11H23N3O3S/c12-6-4-10-18(16,17)13-7-5-11(15)14-8-2-1-3-9-14/h13H,1-10,12H2.